The van der Waals surface area contributed by atoms with E-state index in [0.29, 0.717) is 36.9 Å². The monoisotopic (exact) mass is 549 g/mol. The number of carbonyl (C=O) groups is 4. The Hall–Kier alpha value is -4.08. The molecule has 3 aromatic carbocycles. The number of amides is 2. The van der Waals surface area contributed by atoms with E-state index in [0.717, 1.165) is 22.7 Å². The van der Waals surface area contributed by atoms with Crippen LogP contribution < -0.4 is 9.80 Å². The van der Waals surface area contributed by atoms with Gasteiger partial charge < -0.3 is 9.64 Å². The summed E-state index contributed by atoms with van der Waals surface area (Å²) in [5.74, 6) is -2.26. The standard InChI is InChI=1S/C29H25ClFN3O5/c30-21-2-1-3-24(16-21)32-12-14-33(15-13-32)25-17-27(36)34(28(25)37)23-10-6-20(7-11-23)29(38)39-18-26(35)19-4-8-22(31)9-5-19/h1-11,16,25H,12-15,17-18H2. The van der Waals surface area contributed by atoms with Crippen molar-refractivity contribution in [1.82, 2.24) is 4.90 Å². The van der Waals surface area contributed by atoms with Gasteiger partial charge in [-0.05, 0) is 66.7 Å². The predicted molar refractivity (Wildman–Crippen MR) is 144 cm³/mol. The highest BCUT2D eigenvalue weighted by molar-refractivity contribution is 6.30. The summed E-state index contributed by atoms with van der Waals surface area (Å²) in [6, 6.07) is 17.9. The van der Waals surface area contributed by atoms with Crippen LogP contribution in [0.4, 0.5) is 15.8 Å². The number of anilines is 2. The molecule has 2 heterocycles. The molecule has 0 bridgehead atoms. The van der Waals surface area contributed by atoms with Crippen LogP contribution in [-0.4, -0.2) is 67.3 Å². The van der Waals surface area contributed by atoms with Crippen LogP contribution in [0.15, 0.2) is 72.8 Å². The van der Waals surface area contributed by atoms with Gasteiger partial charge in [-0.3, -0.25) is 19.3 Å². The minimum absolute atomic E-state index is 0.0886. The smallest absolute Gasteiger partial charge is 0.338 e. The van der Waals surface area contributed by atoms with Gasteiger partial charge in [0, 0.05) is 42.5 Å². The normalized spacial score (nSPS) is 17.9. The van der Waals surface area contributed by atoms with Crippen molar-refractivity contribution < 1.29 is 28.3 Å². The molecule has 1 unspecified atom stereocenters. The Bertz CT molecular complexity index is 1410. The number of rotatable bonds is 7. The van der Waals surface area contributed by atoms with E-state index < -0.39 is 30.2 Å². The highest BCUT2D eigenvalue weighted by atomic mass is 35.5. The molecule has 8 nitrogen and oxygen atoms in total. The van der Waals surface area contributed by atoms with E-state index in [4.69, 9.17) is 16.3 Å². The zero-order valence-electron chi connectivity index (χ0n) is 20.9. The largest absolute Gasteiger partial charge is 0.454 e. The van der Waals surface area contributed by atoms with Gasteiger partial charge in [0.1, 0.15) is 5.82 Å². The van der Waals surface area contributed by atoms with Gasteiger partial charge in [-0.25, -0.2) is 14.1 Å². The van der Waals surface area contributed by atoms with Gasteiger partial charge in [0.05, 0.1) is 23.7 Å². The summed E-state index contributed by atoms with van der Waals surface area (Å²) in [6.07, 6.45) is 0.0886. The summed E-state index contributed by atoms with van der Waals surface area (Å²) in [7, 11) is 0. The minimum Gasteiger partial charge on any atom is -0.454 e. The summed E-state index contributed by atoms with van der Waals surface area (Å²) >= 11 is 6.11. The van der Waals surface area contributed by atoms with E-state index in [1.165, 1.54) is 36.4 Å². The molecule has 0 aliphatic carbocycles. The van der Waals surface area contributed by atoms with Crippen molar-refractivity contribution in [3.8, 4) is 0 Å². The lowest BCUT2D eigenvalue weighted by molar-refractivity contribution is -0.123. The van der Waals surface area contributed by atoms with Gasteiger partial charge in [0.15, 0.2) is 12.4 Å². The average Bonchev–Trinajstić information content (AvgIpc) is 3.25. The SMILES string of the molecule is O=C(COC(=O)c1ccc(N2C(=O)CC(N3CCN(c4cccc(Cl)c4)CC3)C2=O)cc1)c1ccc(F)cc1. The Balaban J connectivity index is 1.17. The second-order valence-electron chi connectivity index (χ2n) is 9.34. The van der Waals surface area contributed by atoms with E-state index >= 15 is 0 Å². The number of halogens is 2. The molecule has 39 heavy (non-hydrogen) atoms. The Morgan fingerprint density at radius 1 is 0.872 bits per heavy atom. The Morgan fingerprint density at radius 3 is 2.21 bits per heavy atom. The fourth-order valence-electron chi connectivity index (χ4n) is 4.82. The number of imide groups is 1. The summed E-state index contributed by atoms with van der Waals surface area (Å²) < 4.78 is 18.1. The fraction of sp³-hybridized carbons (Fsp3) is 0.241. The van der Waals surface area contributed by atoms with Crippen LogP contribution in [-0.2, 0) is 14.3 Å². The first kappa shape index (κ1) is 26.5. The van der Waals surface area contributed by atoms with Crippen molar-refractivity contribution in [1.29, 1.82) is 0 Å². The lowest BCUT2D eigenvalue weighted by Crippen LogP contribution is -2.52. The lowest BCUT2D eigenvalue weighted by atomic mass is 10.1. The molecular formula is C29H25ClFN3O5. The molecule has 2 aliphatic heterocycles. The van der Waals surface area contributed by atoms with Crippen molar-refractivity contribution in [3.63, 3.8) is 0 Å². The maximum Gasteiger partial charge on any atom is 0.338 e. The zero-order valence-corrected chi connectivity index (χ0v) is 21.6. The molecule has 1 atom stereocenters. The summed E-state index contributed by atoms with van der Waals surface area (Å²) in [5.41, 5.74) is 1.78. The molecule has 0 saturated carbocycles. The topological polar surface area (TPSA) is 87.2 Å². The first-order chi connectivity index (χ1) is 18.8. The van der Waals surface area contributed by atoms with E-state index in [1.807, 2.05) is 29.2 Å². The van der Waals surface area contributed by atoms with Crippen molar-refractivity contribution in [3.05, 3.63) is 94.8 Å². The number of piperazine rings is 1. The third-order valence-corrected chi connectivity index (χ3v) is 7.15. The first-order valence-electron chi connectivity index (χ1n) is 12.5. The van der Waals surface area contributed by atoms with Crippen LogP contribution in [0.1, 0.15) is 27.1 Å². The third kappa shape index (κ3) is 5.84. The Labute approximate surface area is 229 Å². The van der Waals surface area contributed by atoms with Gasteiger partial charge in [-0.15, -0.1) is 0 Å². The van der Waals surface area contributed by atoms with Crippen LogP contribution in [0, 0.1) is 5.82 Å². The van der Waals surface area contributed by atoms with Crippen molar-refractivity contribution in [2.45, 2.75) is 12.5 Å². The molecule has 0 aromatic heterocycles. The number of hydrogen-bond acceptors (Lipinski definition) is 7. The van der Waals surface area contributed by atoms with Crippen LogP contribution in [0.3, 0.4) is 0 Å². The summed E-state index contributed by atoms with van der Waals surface area (Å²) in [6.45, 7) is 2.18. The van der Waals surface area contributed by atoms with Crippen LogP contribution in [0.2, 0.25) is 5.02 Å². The minimum atomic E-state index is -0.730. The molecule has 0 radical (unpaired) electrons. The molecule has 0 N–H and O–H groups in total. The van der Waals surface area contributed by atoms with E-state index in [1.54, 1.807) is 0 Å². The third-order valence-electron chi connectivity index (χ3n) is 6.91. The second-order valence-corrected chi connectivity index (χ2v) is 9.78. The number of ketones is 1. The number of ether oxygens (including phenoxy) is 1. The molecule has 2 amide bonds. The molecule has 2 saturated heterocycles. The zero-order chi connectivity index (χ0) is 27.5. The molecule has 3 aromatic rings. The van der Waals surface area contributed by atoms with E-state index in [2.05, 4.69) is 4.90 Å². The molecular weight excluding hydrogens is 525 g/mol. The average molecular weight is 550 g/mol. The van der Waals surface area contributed by atoms with Crippen LogP contribution in [0.25, 0.3) is 0 Å². The first-order valence-corrected chi connectivity index (χ1v) is 12.9. The molecule has 2 fully saturated rings. The van der Waals surface area contributed by atoms with Crippen LogP contribution >= 0.6 is 11.6 Å². The van der Waals surface area contributed by atoms with Gasteiger partial charge in [-0.1, -0.05) is 17.7 Å². The highest BCUT2D eigenvalue weighted by Gasteiger charge is 2.43. The Kier molecular flexibility index (Phi) is 7.72. The van der Waals surface area contributed by atoms with E-state index in [9.17, 15) is 23.6 Å². The van der Waals surface area contributed by atoms with E-state index in [-0.39, 0.29) is 29.4 Å². The van der Waals surface area contributed by atoms with Crippen molar-refractivity contribution in [2.24, 2.45) is 0 Å². The van der Waals surface area contributed by atoms with Crippen LogP contribution in [0.5, 0.6) is 0 Å². The predicted octanol–water partition coefficient (Wildman–Crippen LogP) is 3.97. The van der Waals surface area contributed by atoms with Gasteiger partial charge >= 0.3 is 5.97 Å². The number of carbonyl (C=O) groups excluding carboxylic acids is 4. The number of esters is 1. The lowest BCUT2D eigenvalue weighted by Gasteiger charge is -2.38. The van der Waals surface area contributed by atoms with Crippen molar-refractivity contribution >= 4 is 46.5 Å². The van der Waals surface area contributed by atoms with Crippen molar-refractivity contribution in [2.75, 3.05) is 42.6 Å². The maximum atomic E-state index is 13.2. The highest BCUT2D eigenvalue weighted by Crippen LogP contribution is 2.28. The molecule has 2 aliphatic rings. The molecule has 10 heteroatoms. The second kappa shape index (κ2) is 11.3. The summed E-state index contributed by atoms with van der Waals surface area (Å²) in [4.78, 5) is 56.0. The van der Waals surface area contributed by atoms with Gasteiger partial charge in [0.25, 0.3) is 5.91 Å². The number of nitrogens with zero attached hydrogens (tertiary/aromatic N) is 3. The maximum absolute atomic E-state index is 13.2. The molecule has 0 spiro atoms. The molecule has 5 rings (SSSR count). The van der Waals surface area contributed by atoms with Gasteiger partial charge in [-0.2, -0.15) is 0 Å². The number of Topliss-reactive ketones (excluding diaryl/α,β-unsaturated/α-hetero) is 1. The van der Waals surface area contributed by atoms with Gasteiger partial charge in [0.2, 0.25) is 5.91 Å². The number of hydrogen-bond donors (Lipinski definition) is 0. The molecule has 200 valence electrons. The quantitative estimate of drug-likeness (QED) is 0.250. The Morgan fingerprint density at radius 2 is 1.54 bits per heavy atom. The number of benzene rings is 3. The fourth-order valence-corrected chi connectivity index (χ4v) is 5.00. The summed E-state index contributed by atoms with van der Waals surface area (Å²) in [5, 5.41) is 0.667.